The molecule has 0 spiro atoms. The molecule has 0 aliphatic carbocycles. The Kier molecular flexibility index (Phi) is 5.65. The highest BCUT2D eigenvalue weighted by molar-refractivity contribution is 7.92. The first-order valence-corrected chi connectivity index (χ1v) is 9.68. The summed E-state index contributed by atoms with van der Waals surface area (Å²) in [6.45, 7) is 5.19. The minimum absolute atomic E-state index is 0.130. The minimum Gasteiger partial charge on any atom is -0.324 e. The van der Waals surface area contributed by atoms with E-state index in [1.54, 1.807) is 12.1 Å². The van der Waals surface area contributed by atoms with Gasteiger partial charge in [-0.15, -0.1) is 0 Å². The normalized spacial score (nSPS) is 12.5. The highest BCUT2D eigenvalue weighted by Crippen LogP contribution is 2.24. The van der Waals surface area contributed by atoms with Gasteiger partial charge in [0.2, 0.25) is 15.9 Å². The molecule has 0 fully saturated rings. The minimum atomic E-state index is -3.92. The average molecular weight is 382 g/mol. The molecule has 0 bridgehead atoms. The number of hydrogen-bond donors (Lipinski definition) is 1. The number of nitrogens with zero attached hydrogens (tertiary/aromatic N) is 1. The summed E-state index contributed by atoms with van der Waals surface area (Å²) in [4.78, 5) is 12.5. The van der Waals surface area contributed by atoms with Crippen molar-refractivity contribution in [2.45, 2.75) is 26.8 Å². The zero-order chi connectivity index (χ0) is 19.6. The number of hydrogen-bond acceptors (Lipinski definition) is 3. The van der Waals surface area contributed by atoms with Crippen LogP contribution in [0, 0.1) is 25.5 Å². The number of sulfonamides is 1. The molecule has 1 atom stereocenters. The monoisotopic (exact) mass is 382 g/mol. The molecule has 5 nitrogen and oxygen atoms in total. The molecule has 0 radical (unpaired) electrons. The van der Waals surface area contributed by atoms with Gasteiger partial charge in [-0.05, 0) is 56.2 Å². The second-order valence-electron chi connectivity index (χ2n) is 6.12. The van der Waals surface area contributed by atoms with Crippen molar-refractivity contribution >= 4 is 27.3 Å². The summed E-state index contributed by atoms with van der Waals surface area (Å²) in [5.74, 6) is -2.89. The molecule has 140 valence electrons. The fraction of sp³-hybridized carbons (Fsp3) is 0.278. The fourth-order valence-corrected chi connectivity index (χ4v) is 3.66. The zero-order valence-corrected chi connectivity index (χ0v) is 15.7. The SMILES string of the molecule is Cc1ccc(NC(=O)C(C)N(c2ccc(F)c(F)c2)S(C)(=O)=O)cc1C. The van der Waals surface area contributed by atoms with Gasteiger partial charge in [0, 0.05) is 11.8 Å². The maximum absolute atomic E-state index is 13.5. The van der Waals surface area contributed by atoms with Crippen LogP contribution in [0.5, 0.6) is 0 Å². The molecular formula is C18H20F2N2O3S. The van der Waals surface area contributed by atoms with E-state index in [4.69, 9.17) is 0 Å². The number of halogens is 2. The van der Waals surface area contributed by atoms with Crippen LogP contribution in [0.1, 0.15) is 18.1 Å². The van der Waals surface area contributed by atoms with Gasteiger partial charge in [0.15, 0.2) is 11.6 Å². The first kappa shape index (κ1) is 19.8. The van der Waals surface area contributed by atoms with E-state index >= 15 is 0 Å². The lowest BCUT2D eigenvalue weighted by atomic mass is 10.1. The molecule has 0 aliphatic heterocycles. The Morgan fingerprint density at radius 2 is 1.69 bits per heavy atom. The standard InChI is InChI=1S/C18H20F2N2O3S/c1-11-5-6-14(9-12(11)2)21-18(23)13(3)22(26(4,24)25)15-7-8-16(19)17(20)10-15/h5-10,13H,1-4H3,(H,21,23). The summed E-state index contributed by atoms with van der Waals surface area (Å²) >= 11 is 0. The van der Waals surface area contributed by atoms with E-state index in [1.807, 2.05) is 19.9 Å². The number of aryl methyl sites for hydroxylation is 2. The molecule has 2 aromatic carbocycles. The third-order valence-electron chi connectivity index (χ3n) is 4.02. The summed E-state index contributed by atoms with van der Waals surface area (Å²) in [7, 11) is -3.92. The lowest BCUT2D eigenvalue weighted by molar-refractivity contribution is -0.116. The molecule has 0 saturated heterocycles. The first-order chi connectivity index (χ1) is 12.0. The van der Waals surface area contributed by atoms with Gasteiger partial charge in [0.05, 0.1) is 11.9 Å². The van der Waals surface area contributed by atoms with Gasteiger partial charge in [-0.25, -0.2) is 17.2 Å². The van der Waals surface area contributed by atoms with E-state index in [9.17, 15) is 22.0 Å². The van der Waals surface area contributed by atoms with Gasteiger partial charge in [0.1, 0.15) is 6.04 Å². The molecule has 26 heavy (non-hydrogen) atoms. The lowest BCUT2D eigenvalue weighted by Crippen LogP contribution is -2.45. The first-order valence-electron chi connectivity index (χ1n) is 7.83. The van der Waals surface area contributed by atoms with Crippen molar-refractivity contribution in [1.82, 2.24) is 0 Å². The quantitative estimate of drug-likeness (QED) is 0.862. The predicted octanol–water partition coefficient (Wildman–Crippen LogP) is 3.37. The maximum atomic E-state index is 13.5. The Morgan fingerprint density at radius 1 is 1.04 bits per heavy atom. The highest BCUT2D eigenvalue weighted by atomic mass is 32.2. The van der Waals surface area contributed by atoms with Crippen molar-refractivity contribution in [3.05, 3.63) is 59.2 Å². The van der Waals surface area contributed by atoms with E-state index in [0.717, 1.165) is 39.9 Å². The Balaban J connectivity index is 2.34. The van der Waals surface area contributed by atoms with Crippen molar-refractivity contribution in [2.75, 3.05) is 15.9 Å². The van der Waals surface area contributed by atoms with Crippen molar-refractivity contribution in [1.29, 1.82) is 0 Å². The molecule has 2 rings (SSSR count). The zero-order valence-electron chi connectivity index (χ0n) is 14.9. The number of benzene rings is 2. The Hall–Kier alpha value is -2.48. The van der Waals surface area contributed by atoms with E-state index in [-0.39, 0.29) is 5.69 Å². The molecule has 1 unspecified atom stereocenters. The van der Waals surface area contributed by atoms with E-state index in [1.165, 1.54) is 6.92 Å². The summed E-state index contributed by atoms with van der Waals surface area (Å²) in [6.07, 6.45) is 0.897. The van der Waals surface area contributed by atoms with E-state index in [0.29, 0.717) is 5.69 Å². The molecule has 0 saturated carbocycles. The second-order valence-corrected chi connectivity index (χ2v) is 7.98. The van der Waals surface area contributed by atoms with Gasteiger partial charge in [0.25, 0.3) is 0 Å². The smallest absolute Gasteiger partial charge is 0.247 e. The summed E-state index contributed by atoms with van der Waals surface area (Å²) < 4.78 is 51.7. The molecule has 0 aromatic heterocycles. The third kappa shape index (κ3) is 4.37. The number of amides is 1. The van der Waals surface area contributed by atoms with Crippen molar-refractivity contribution in [2.24, 2.45) is 0 Å². The third-order valence-corrected chi connectivity index (χ3v) is 5.26. The van der Waals surface area contributed by atoms with Crippen LogP contribution >= 0.6 is 0 Å². The van der Waals surface area contributed by atoms with Gasteiger partial charge < -0.3 is 5.32 Å². The van der Waals surface area contributed by atoms with E-state index in [2.05, 4.69) is 5.32 Å². The molecular weight excluding hydrogens is 362 g/mol. The van der Waals surface area contributed by atoms with Crippen LogP contribution in [-0.4, -0.2) is 26.6 Å². The summed E-state index contributed by atoms with van der Waals surface area (Å²) in [5, 5.41) is 2.65. The van der Waals surface area contributed by atoms with Crippen LogP contribution in [0.3, 0.4) is 0 Å². The Morgan fingerprint density at radius 3 is 2.23 bits per heavy atom. The largest absolute Gasteiger partial charge is 0.324 e. The molecule has 1 N–H and O–H groups in total. The molecule has 8 heteroatoms. The number of rotatable bonds is 5. The number of nitrogens with one attached hydrogen (secondary N) is 1. The highest BCUT2D eigenvalue weighted by Gasteiger charge is 2.29. The number of carbonyl (C=O) groups excluding carboxylic acids is 1. The summed E-state index contributed by atoms with van der Waals surface area (Å²) in [5.41, 5.74) is 2.41. The Labute approximate surface area is 151 Å². The van der Waals surface area contributed by atoms with Gasteiger partial charge >= 0.3 is 0 Å². The Bertz CT molecular complexity index is 945. The topological polar surface area (TPSA) is 66.5 Å². The maximum Gasteiger partial charge on any atom is 0.247 e. The van der Waals surface area contributed by atoms with Crippen molar-refractivity contribution < 1.29 is 22.0 Å². The lowest BCUT2D eigenvalue weighted by Gasteiger charge is -2.28. The molecule has 0 heterocycles. The fourth-order valence-electron chi connectivity index (χ4n) is 2.50. The predicted molar refractivity (Wildman–Crippen MR) is 97.7 cm³/mol. The van der Waals surface area contributed by atoms with Crippen LogP contribution in [0.4, 0.5) is 20.2 Å². The second kappa shape index (κ2) is 7.41. The van der Waals surface area contributed by atoms with E-state index < -0.39 is 33.6 Å². The van der Waals surface area contributed by atoms with Crippen LogP contribution < -0.4 is 9.62 Å². The number of carbonyl (C=O) groups is 1. The average Bonchev–Trinajstić information content (AvgIpc) is 2.53. The van der Waals surface area contributed by atoms with Crippen LogP contribution in [-0.2, 0) is 14.8 Å². The number of anilines is 2. The van der Waals surface area contributed by atoms with Crippen LogP contribution in [0.15, 0.2) is 36.4 Å². The van der Waals surface area contributed by atoms with Gasteiger partial charge in [-0.1, -0.05) is 6.07 Å². The van der Waals surface area contributed by atoms with Crippen molar-refractivity contribution in [3.8, 4) is 0 Å². The van der Waals surface area contributed by atoms with Gasteiger partial charge in [-0.3, -0.25) is 9.10 Å². The molecule has 0 aliphatic rings. The van der Waals surface area contributed by atoms with Crippen molar-refractivity contribution in [3.63, 3.8) is 0 Å². The molecule has 1 amide bonds. The molecule has 2 aromatic rings. The summed E-state index contributed by atoms with van der Waals surface area (Å²) in [6, 6.07) is 6.81. The van der Waals surface area contributed by atoms with Crippen LogP contribution in [0.2, 0.25) is 0 Å². The van der Waals surface area contributed by atoms with Gasteiger partial charge in [-0.2, -0.15) is 0 Å². The van der Waals surface area contributed by atoms with Crippen LogP contribution in [0.25, 0.3) is 0 Å².